The second-order valence-electron chi connectivity index (χ2n) is 3.53. The Morgan fingerprint density at radius 1 is 1.36 bits per heavy atom. The molecule has 0 saturated carbocycles. The first kappa shape index (κ1) is 19.0. The number of hydrogen-bond donors (Lipinski definition) is 0. The van der Waals surface area contributed by atoms with Crippen molar-refractivity contribution in [2.45, 2.75) is 5.51 Å². The molecule has 0 aliphatic heterocycles. The maximum atomic E-state index is 12.2. The molecule has 0 bridgehead atoms. The van der Waals surface area contributed by atoms with Crippen molar-refractivity contribution < 1.29 is 51.9 Å². The minimum atomic E-state index is -5.76. The van der Waals surface area contributed by atoms with Crippen molar-refractivity contribution in [1.82, 2.24) is 0 Å². The molecule has 0 spiro atoms. The van der Waals surface area contributed by atoms with Gasteiger partial charge in [-0.2, -0.15) is 21.6 Å². The zero-order valence-electron chi connectivity index (χ0n) is 10.4. The molecule has 0 radical (unpaired) electrons. The predicted octanol–water partition coefficient (Wildman–Crippen LogP) is -0.200. The maximum Gasteiger partial charge on any atom is 0.534 e. The van der Waals surface area contributed by atoms with E-state index in [2.05, 4.69) is 4.18 Å². The topological polar surface area (TPSA) is 86.5 Å². The third-order valence-corrected chi connectivity index (χ3v) is 5.68. The van der Waals surface area contributed by atoms with Gasteiger partial charge in [-0.25, -0.2) is 0 Å². The van der Waals surface area contributed by atoms with Crippen molar-refractivity contribution in [2.75, 3.05) is 5.88 Å². The first-order valence-electron chi connectivity index (χ1n) is 5.20. The molecule has 0 heterocycles. The minimum absolute atomic E-state index is 0.134. The summed E-state index contributed by atoms with van der Waals surface area (Å²) in [6.07, 6.45) is 0. The van der Waals surface area contributed by atoms with Crippen LogP contribution in [0.25, 0.3) is 0 Å². The highest BCUT2D eigenvalue weighted by molar-refractivity contribution is 7.87. The zero-order chi connectivity index (χ0) is 17.0. The lowest BCUT2D eigenvalue weighted by Gasteiger charge is -2.08. The summed E-state index contributed by atoms with van der Waals surface area (Å²) in [4.78, 5) is 9.87. The molecular formula is C10H7ClF3INO5S+. The van der Waals surface area contributed by atoms with Crippen LogP contribution in [0.2, 0.25) is 0 Å². The van der Waals surface area contributed by atoms with Crippen LogP contribution in [-0.4, -0.2) is 24.7 Å². The fourth-order valence-corrected chi connectivity index (χ4v) is 3.96. The number of benzene rings is 1. The molecule has 0 aromatic heterocycles. The lowest BCUT2D eigenvalue weighted by Crippen LogP contribution is -3.59. The predicted molar refractivity (Wildman–Crippen MR) is 66.7 cm³/mol. The van der Waals surface area contributed by atoms with E-state index in [0.29, 0.717) is 3.57 Å². The standard InChI is InChI=1S/C10H7ClF3INO5S/c11-5-9(21-22(19,20)10(12,13)14)6-15-7-1-3-8(4-2-7)16(17)18/h1-4,6H,5H2/q+1/b9-6+. The van der Waals surface area contributed by atoms with Gasteiger partial charge in [0.1, 0.15) is 0 Å². The molecule has 0 fully saturated rings. The monoisotopic (exact) mass is 472 g/mol. The number of nitro benzene ring substituents is 1. The number of alkyl halides is 4. The van der Waals surface area contributed by atoms with E-state index in [9.17, 15) is 31.7 Å². The summed E-state index contributed by atoms with van der Waals surface area (Å²) in [5.41, 5.74) is -5.67. The maximum absolute atomic E-state index is 12.2. The fourth-order valence-electron chi connectivity index (χ4n) is 1.02. The lowest BCUT2D eigenvalue weighted by atomic mass is 10.3. The van der Waals surface area contributed by atoms with Crippen molar-refractivity contribution in [3.8, 4) is 0 Å². The number of allylic oxidation sites excluding steroid dienone is 1. The van der Waals surface area contributed by atoms with E-state index >= 15 is 0 Å². The summed E-state index contributed by atoms with van der Waals surface area (Å²) in [5.74, 6) is -1.09. The van der Waals surface area contributed by atoms with Gasteiger partial charge in [0.2, 0.25) is 0 Å². The fraction of sp³-hybridized carbons (Fsp3) is 0.200. The van der Waals surface area contributed by atoms with E-state index in [1.165, 1.54) is 24.3 Å². The van der Waals surface area contributed by atoms with E-state index in [1.807, 2.05) is 0 Å². The van der Waals surface area contributed by atoms with Crippen molar-refractivity contribution in [1.29, 1.82) is 0 Å². The number of halogens is 5. The first-order valence-corrected chi connectivity index (χ1v) is 9.47. The SMILES string of the molecule is O=[N+]([O-])c1ccc([I+]/C=C(\CCl)OS(=O)(=O)C(F)(F)F)cc1. The second kappa shape index (κ2) is 7.46. The molecule has 1 aromatic rings. The minimum Gasteiger partial charge on any atom is -0.375 e. The Hall–Kier alpha value is -1.08. The Morgan fingerprint density at radius 2 is 1.91 bits per heavy atom. The second-order valence-corrected chi connectivity index (χ2v) is 7.83. The van der Waals surface area contributed by atoms with Crippen LogP contribution in [0.3, 0.4) is 0 Å². The molecule has 0 aliphatic rings. The van der Waals surface area contributed by atoms with Gasteiger partial charge in [0.05, 0.1) is 10.8 Å². The quantitative estimate of drug-likeness (QED) is 0.109. The molecule has 0 unspecified atom stereocenters. The molecule has 0 N–H and O–H groups in total. The Bertz CT molecular complexity index is 675. The number of hydrogen-bond acceptors (Lipinski definition) is 5. The molecule has 6 nitrogen and oxygen atoms in total. The molecule has 0 atom stereocenters. The molecule has 12 heteroatoms. The van der Waals surface area contributed by atoms with E-state index in [-0.39, 0.29) is 5.69 Å². The van der Waals surface area contributed by atoms with Crippen LogP contribution >= 0.6 is 11.6 Å². The molecule has 122 valence electrons. The normalized spacial score (nSPS) is 13.0. The molecule has 1 aromatic carbocycles. The highest BCUT2D eigenvalue weighted by atomic mass is 127. The number of rotatable bonds is 6. The van der Waals surface area contributed by atoms with Gasteiger partial charge >= 0.3 is 36.8 Å². The van der Waals surface area contributed by atoms with Crippen LogP contribution in [0, 0.1) is 13.7 Å². The largest absolute Gasteiger partial charge is 0.534 e. The Morgan fingerprint density at radius 3 is 2.32 bits per heavy atom. The van der Waals surface area contributed by atoms with Crippen molar-refractivity contribution in [3.63, 3.8) is 0 Å². The third-order valence-electron chi connectivity index (χ3n) is 1.97. The number of nitrogens with zero attached hydrogens (tertiary/aromatic N) is 1. The zero-order valence-corrected chi connectivity index (χ0v) is 14.1. The molecule has 0 saturated heterocycles. The summed E-state index contributed by atoms with van der Waals surface area (Å²) in [6, 6.07) is 5.31. The highest BCUT2D eigenvalue weighted by Gasteiger charge is 2.49. The highest BCUT2D eigenvalue weighted by Crippen LogP contribution is 2.26. The van der Waals surface area contributed by atoms with E-state index in [0.717, 1.165) is 4.08 Å². The van der Waals surface area contributed by atoms with Crippen LogP contribution in [0.15, 0.2) is 34.1 Å². The summed E-state index contributed by atoms with van der Waals surface area (Å²) in [7, 11) is -5.76. The number of nitro groups is 1. The number of non-ortho nitro benzene ring substituents is 1. The van der Waals surface area contributed by atoms with Gasteiger partial charge in [-0.15, -0.1) is 11.6 Å². The first-order chi connectivity index (χ1) is 10.1. The third kappa shape index (κ3) is 5.28. The van der Waals surface area contributed by atoms with Crippen molar-refractivity contribution in [3.05, 3.63) is 47.8 Å². The van der Waals surface area contributed by atoms with Gasteiger partial charge in [0.25, 0.3) is 5.69 Å². The Balaban J connectivity index is 2.84. The van der Waals surface area contributed by atoms with Gasteiger partial charge < -0.3 is 4.18 Å². The van der Waals surface area contributed by atoms with Gasteiger partial charge in [-0.3, -0.25) is 10.1 Å². The van der Waals surface area contributed by atoms with Crippen LogP contribution < -0.4 is 21.2 Å². The molecular weight excluding hydrogens is 466 g/mol. The van der Waals surface area contributed by atoms with E-state index in [1.54, 1.807) is 0 Å². The van der Waals surface area contributed by atoms with Crippen LogP contribution in [-0.2, 0) is 14.3 Å². The van der Waals surface area contributed by atoms with Gasteiger partial charge in [-0.05, 0) is 12.1 Å². The van der Waals surface area contributed by atoms with Crippen molar-refractivity contribution in [2.24, 2.45) is 0 Å². The van der Waals surface area contributed by atoms with Crippen LogP contribution in [0.4, 0.5) is 18.9 Å². The van der Waals surface area contributed by atoms with E-state index in [4.69, 9.17) is 11.6 Å². The van der Waals surface area contributed by atoms with Gasteiger partial charge in [0, 0.05) is 12.1 Å². The van der Waals surface area contributed by atoms with Gasteiger partial charge in [0.15, 0.2) is 13.4 Å². The van der Waals surface area contributed by atoms with Crippen molar-refractivity contribution >= 4 is 27.4 Å². The summed E-state index contributed by atoms with van der Waals surface area (Å²) >= 11 is 4.29. The average molecular weight is 473 g/mol. The smallest absolute Gasteiger partial charge is 0.375 e. The summed E-state index contributed by atoms with van der Waals surface area (Å²) < 4.78 is 63.9. The molecule has 1 rings (SSSR count). The Labute approximate surface area is 138 Å². The summed E-state index contributed by atoms with van der Waals surface area (Å²) in [6.45, 7) is 0. The summed E-state index contributed by atoms with van der Waals surface area (Å²) in [5, 5.41) is 10.5. The molecule has 0 aliphatic carbocycles. The van der Waals surface area contributed by atoms with Crippen LogP contribution in [0.5, 0.6) is 0 Å². The lowest BCUT2D eigenvalue weighted by molar-refractivity contribution is -0.558. The molecule has 0 amide bonds. The average Bonchev–Trinajstić information content (AvgIpc) is 2.42. The van der Waals surface area contributed by atoms with Gasteiger partial charge in [-0.1, -0.05) is 0 Å². The molecule has 22 heavy (non-hydrogen) atoms. The Kier molecular flexibility index (Phi) is 6.43. The van der Waals surface area contributed by atoms with Crippen LogP contribution in [0.1, 0.15) is 0 Å². The van der Waals surface area contributed by atoms with E-state index < -0.39 is 53.4 Å².